The third-order valence-corrected chi connectivity index (χ3v) is 5.59. The summed E-state index contributed by atoms with van der Waals surface area (Å²) < 4.78 is 0. The molecule has 3 nitrogen and oxygen atoms in total. The molecule has 1 aromatic carbocycles. The van der Waals surface area contributed by atoms with E-state index in [1.165, 1.54) is 31.2 Å². The first-order valence-electron chi connectivity index (χ1n) is 8.19. The van der Waals surface area contributed by atoms with Crippen LogP contribution in [-0.2, 0) is 4.79 Å². The van der Waals surface area contributed by atoms with E-state index in [4.69, 9.17) is 0 Å². The van der Waals surface area contributed by atoms with Gasteiger partial charge in [0, 0.05) is 12.1 Å². The summed E-state index contributed by atoms with van der Waals surface area (Å²) in [4.78, 5) is 12.1. The summed E-state index contributed by atoms with van der Waals surface area (Å²) in [7, 11) is 0. The Labute approximate surface area is 125 Å². The number of hydrazone groups is 1. The minimum atomic E-state index is 0.0864. The van der Waals surface area contributed by atoms with Crippen LogP contribution in [0.4, 0.5) is 0 Å². The largest absolute Gasteiger partial charge is 0.273 e. The van der Waals surface area contributed by atoms with E-state index in [1.807, 2.05) is 24.4 Å². The lowest BCUT2D eigenvalue weighted by molar-refractivity contribution is -0.122. The summed E-state index contributed by atoms with van der Waals surface area (Å²) in [6.07, 6.45) is 8.38. The maximum atomic E-state index is 12.1. The summed E-state index contributed by atoms with van der Waals surface area (Å²) in [5.74, 6) is 2.95. The predicted molar refractivity (Wildman–Crippen MR) is 82.9 cm³/mol. The zero-order valence-electron chi connectivity index (χ0n) is 12.2. The fraction of sp³-hybridized carbons (Fsp3) is 0.556. The topological polar surface area (TPSA) is 41.5 Å². The predicted octanol–water partition coefficient (Wildman–Crippen LogP) is 3.33. The molecule has 0 radical (unpaired) electrons. The lowest BCUT2D eigenvalue weighted by Gasteiger charge is -2.16. The third-order valence-electron chi connectivity index (χ3n) is 5.59. The molecule has 2 bridgehead atoms. The monoisotopic (exact) mass is 282 g/mol. The fourth-order valence-corrected chi connectivity index (χ4v) is 4.31. The summed E-state index contributed by atoms with van der Waals surface area (Å²) in [5, 5.41) is 4.24. The quantitative estimate of drug-likeness (QED) is 0.668. The van der Waals surface area contributed by atoms with Crippen molar-refractivity contribution in [3.05, 3.63) is 35.9 Å². The van der Waals surface area contributed by atoms with Gasteiger partial charge in [0.2, 0.25) is 5.91 Å². The average molecular weight is 282 g/mol. The zero-order chi connectivity index (χ0) is 14.2. The number of hydrogen-bond acceptors (Lipinski definition) is 2. The summed E-state index contributed by atoms with van der Waals surface area (Å²) in [6.45, 7) is 0. The van der Waals surface area contributed by atoms with E-state index >= 15 is 0 Å². The summed E-state index contributed by atoms with van der Waals surface area (Å²) >= 11 is 0. The standard InChI is InChI=1S/C18H22N2O/c21-18(17-10-16(17)13-4-2-1-3-5-13)20-19-11-15-9-12-6-7-14(15)8-12/h1-5,11-12,14-17H,6-10H2,(H,20,21)/b19-11-/t12-,14-,15-,16+,17-/m0/s1. The molecule has 1 N–H and O–H groups in total. The van der Waals surface area contributed by atoms with Crippen LogP contribution in [0.1, 0.15) is 43.6 Å². The number of amides is 1. The molecule has 0 saturated heterocycles. The van der Waals surface area contributed by atoms with Crippen LogP contribution in [0, 0.1) is 23.7 Å². The van der Waals surface area contributed by atoms with Gasteiger partial charge in [-0.3, -0.25) is 4.79 Å². The molecule has 21 heavy (non-hydrogen) atoms. The van der Waals surface area contributed by atoms with E-state index in [0.717, 1.165) is 18.3 Å². The number of carbonyl (C=O) groups is 1. The van der Waals surface area contributed by atoms with Crippen molar-refractivity contribution in [3.63, 3.8) is 0 Å². The summed E-state index contributed by atoms with van der Waals surface area (Å²) in [6, 6.07) is 10.3. The van der Waals surface area contributed by atoms with Gasteiger partial charge in [0.25, 0.3) is 0 Å². The first-order chi connectivity index (χ1) is 10.3. The Bertz CT molecular complexity index is 554. The Kier molecular flexibility index (Phi) is 3.28. The van der Waals surface area contributed by atoms with Crippen LogP contribution in [0.2, 0.25) is 0 Å². The van der Waals surface area contributed by atoms with Crippen molar-refractivity contribution < 1.29 is 4.79 Å². The number of benzene rings is 1. The van der Waals surface area contributed by atoms with Crippen molar-refractivity contribution in [2.24, 2.45) is 28.8 Å². The Morgan fingerprint density at radius 3 is 2.71 bits per heavy atom. The molecule has 0 heterocycles. The van der Waals surface area contributed by atoms with Crippen molar-refractivity contribution in [2.75, 3.05) is 0 Å². The molecular formula is C18H22N2O. The second kappa shape index (κ2) is 5.28. The van der Waals surface area contributed by atoms with Crippen LogP contribution in [0.25, 0.3) is 0 Å². The maximum absolute atomic E-state index is 12.1. The van der Waals surface area contributed by atoms with E-state index in [1.54, 1.807) is 0 Å². The second-order valence-electron chi connectivity index (χ2n) is 6.95. The van der Waals surface area contributed by atoms with Crippen molar-refractivity contribution in [1.82, 2.24) is 5.43 Å². The molecule has 5 atom stereocenters. The normalized spacial score (nSPS) is 37.0. The van der Waals surface area contributed by atoms with Crippen molar-refractivity contribution in [2.45, 2.75) is 38.0 Å². The van der Waals surface area contributed by atoms with E-state index < -0.39 is 0 Å². The molecule has 3 saturated carbocycles. The number of fused-ring (bicyclic) bond motifs is 2. The number of nitrogens with zero attached hydrogens (tertiary/aromatic N) is 1. The van der Waals surface area contributed by atoms with Gasteiger partial charge in [-0.25, -0.2) is 5.43 Å². The van der Waals surface area contributed by atoms with E-state index in [2.05, 4.69) is 22.7 Å². The highest BCUT2D eigenvalue weighted by atomic mass is 16.2. The highest BCUT2D eigenvalue weighted by Crippen LogP contribution is 2.48. The Balaban J connectivity index is 1.28. The third kappa shape index (κ3) is 2.61. The average Bonchev–Trinajstić information content (AvgIpc) is 3.06. The van der Waals surface area contributed by atoms with Crippen LogP contribution in [0.15, 0.2) is 35.4 Å². The summed E-state index contributed by atoms with van der Waals surface area (Å²) in [5.41, 5.74) is 4.03. The Morgan fingerprint density at radius 1 is 1.14 bits per heavy atom. The molecule has 110 valence electrons. The highest BCUT2D eigenvalue weighted by Gasteiger charge is 2.44. The van der Waals surface area contributed by atoms with Crippen molar-refractivity contribution in [1.29, 1.82) is 0 Å². The van der Waals surface area contributed by atoms with Crippen LogP contribution in [-0.4, -0.2) is 12.1 Å². The molecule has 0 spiro atoms. The fourth-order valence-electron chi connectivity index (χ4n) is 4.31. The molecule has 3 aliphatic carbocycles. The van der Waals surface area contributed by atoms with Crippen LogP contribution >= 0.6 is 0 Å². The van der Waals surface area contributed by atoms with Crippen LogP contribution < -0.4 is 5.43 Å². The van der Waals surface area contributed by atoms with Crippen LogP contribution in [0.5, 0.6) is 0 Å². The van der Waals surface area contributed by atoms with Crippen LogP contribution in [0.3, 0.4) is 0 Å². The van der Waals surface area contributed by atoms with Gasteiger partial charge >= 0.3 is 0 Å². The van der Waals surface area contributed by atoms with Gasteiger partial charge in [0.1, 0.15) is 0 Å². The molecule has 0 unspecified atom stereocenters. The van der Waals surface area contributed by atoms with Gasteiger partial charge in [-0.05, 0) is 54.9 Å². The number of carbonyl (C=O) groups excluding carboxylic acids is 1. The molecule has 4 rings (SSSR count). The minimum absolute atomic E-state index is 0.0864. The lowest BCUT2D eigenvalue weighted by Crippen LogP contribution is -2.22. The number of rotatable bonds is 4. The molecule has 3 heteroatoms. The van der Waals surface area contributed by atoms with Gasteiger partial charge < -0.3 is 0 Å². The Hall–Kier alpha value is -1.64. The SMILES string of the molecule is O=C(N/N=C\[C@@H]1C[C@H]2CC[C@H]1C2)[C@H]1C[C@@H]1c1ccccc1. The molecule has 1 aromatic rings. The second-order valence-corrected chi connectivity index (χ2v) is 6.95. The van der Waals surface area contributed by atoms with E-state index in [-0.39, 0.29) is 11.8 Å². The molecule has 0 aliphatic heterocycles. The first-order valence-corrected chi connectivity index (χ1v) is 8.19. The highest BCUT2D eigenvalue weighted by molar-refractivity contribution is 5.83. The van der Waals surface area contributed by atoms with E-state index in [9.17, 15) is 4.79 Å². The minimum Gasteiger partial charge on any atom is -0.273 e. The number of hydrogen-bond donors (Lipinski definition) is 1. The Morgan fingerprint density at radius 2 is 2.00 bits per heavy atom. The van der Waals surface area contributed by atoms with Gasteiger partial charge in [-0.15, -0.1) is 0 Å². The number of nitrogens with one attached hydrogen (secondary N) is 1. The first kappa shape index (κ1) is 13.1. The van der Waals surface area contributed by atoms with Crippen molar-refractivity contribution >= 4 is 12.1 Å². The molecule has 3 aliphatic rings. The maximum Gasteiger partial charge on any atom is 0.243 e. The van der Waals surface area contributed by atoms with Crippen molar-refractivity contribution in [3.8, 4) is 0 Å². The lowest BCUT2D eigenvalue weighted by atomic mass is 9.90. The van der Waals surface area contributed by atoms with Gasteiger partial charge in [-0.1, -0.05) is 36.8 Å². The van der Waals surface area contributed by atoms with Gasteiger partial charge in [0.15, 0.2) is 0 Å². The smallest absolute Gasteiger partial charge is 0.243 e. The zero-order valence-corrected chi connectivity index (χ0v) is 12.2. The van der Waals surface area contributed by atoms with E-state index in [0.29, 0.717) is 11.8 Å². The molecule has 3 fully saturated rings. The molecular weight excluding hydrogens is 260 g/mol. The molecule has 0 aromatic heterocycles. The van der Waals surface area contributed by atoms with Gasteiger partial charge in [-0.2, -0.15) is 5.10 Å². The molecule has 1 amide bonds. The van der Waals surface area contributed by atoms with Gasteiger partial charge in [0.05, 0.1) is 0 Å².